The van der Waals surface area contributed by atoms with E-state index in [0.29, 0.717) is 6.61 Å². The normalized spacial score (nSPS) is 11.3. The van der Waals surface area contributed by atoms with Crippen LogP contribution < -0.4 is 0 Å². The maximum absolute atomic E-state index is 11.1. The molecule has 66 valence electrons. The van der Waals surface area contributed by atoms with Crippen molar-refractivity contribution in [2.75, 3.05) is 18.4 Å². The summed E-state index contributed by atoms with van der Waals surface area (Å²) in [6.07, 6.45) is 0. The standard InChI is InChI=1S/C7H12Cl2O2/c1-3-11-6(10)7(2,4-8)5-9/h3-5H2,1-2H3. The smallest absolute Gasteiger partial charge is 0.314 e. The molecule has 0 aliphatic carbocycles. The Morgan fingerprint density at radius 2 is 1.91 bits per heavy atom. The molecular formula is C7H12Cl2O2. The zero-order chi connectivity index (χ0) is 8.91. The van der Waals surface area contributed by atoms with E-state index in [2.05, 4.69) is 0 Å². The van der Waals surface area contributed by atoms with E-state index in [0.717, 1.165) is 0 Å². The third-order valence-corrected chi connectivity index (χ3v) is 2.54. The van der Waals surface area contributed by atoms with Crippen molar-refractivity contribution in [1.82, 2.24) is 0 Å². The maximum atomic E-state index is 11.1. The number of rotatable bonds is 4. The molecule has 4 heteroatoms. The Hall–Kier alpha value is 0.0500. The van der Waals surface area contributed by atoms with Gasteiger partial charge in [0.25, 0.3) is 0 Å². The van der Waals surface area contributed by atoms with Crippen molar-refractivity contribution in [2.45, 2.75) is 13.8 Å². The van der Waals surface area contributed by atoms with Gasteiger partial charge in [-0.25, -0.2) is 0 Å². The van der Waals surface area contributed by atoms with Crippen molar-refractivity contribution < 1.29 is 9.53 Å². The van der Waals surface area contributed by atoms with E-state index in [9.17, 15) is 4.79 Å². The molecule has 0 amide bonds. The summed E-state index contributed by atoms with van der Waals surface area (Å²) in [5.41, 5.74) is -0.737. The average molecular weight is 199 g/mol. The number of carbonyl (C=O) groups excluding carboxylic acids is 1. The molecule has 0 aliphatic rings. The van der Waals surface area contributed by atoms with Crippen LogP contribution in [0.3, 0.4) is 0 Å². The molecule has 0 spiro atoms. The lowest BCUT2D eigenvalue weighted by molar-refractivity contribution is -0.151. The highest BCUT2D eigenvalue weighted by Gasteiger charge is 2.32. The van der Waals surface area contributed by atoms with E-state index >= 15 is 0 Å². The van der Waals surface area contributed by atoms with E-state index in [4.69, 9.17) is 27.9 Å². The maximum Gasteiger partial charge on any atom is 0.314 e. The Bertz CT molecular complexity index is 132. The third kappa shape index (κ3) is 2.88. The van der Waals surface area contributed by atoms with Crippen molar-refractivity contribution in [3.63, 3.8) is 0 Å². The molecule has 0 radical (unpaired) electrons. The highest BCUT2D eigenvalue weighted by molar-refractivity contribution is 6.23. The number of hydrogen-bond acceptors (Lipinski definition) is 2. The largest absolute Gasteiger partial charge is 0.466 e. The fraction of sp³-hybridized carbons (Fsp3) is 0.857. The summed E-state index contributed by atoms with van der Waals surface area (Å²) in [4.78, 5) is 11.1. The van der Waals surface area contributed by atoms with Gasteiger partial charge in [-0.15, -0.1) is 23.2 Å². The molecular weight excluding hydrogens is 187 g/mol. The van der Waals surface area contributed by atoms with Crippen LogP contribution in [0.4, 0.5) is 0 Å². The monoisotopic (exact) mass is 198 g/mol. The predicted molar refractivity (Wildman–Crippen MR) is 46.2 cm³/mol. The molecule has 0 saturated carbocycles. The van der Waals surface area contributed by atoms with Crippen LogP contribution >= 0.6 is 23.2 Å². The van der Waals surface area contributed by atoms with E-state index in [1.807, 2.05) is 0 Å². The van der Waals surface area contributed by atoms with Crippen LogP contribution in [0.15, 0.2) is 0 Å². The van der Waals surface area contributed by atoms with Crippen LogP contribution in [0.25, 0.3) is 0 Å². The van der Waals surface area contributed by atoms with Crippen LogP contribution in [0.5, 0.6) is 0 Å². The van der Waals surface area contributed by atoms with E-state index < -0.39 is 5.41 Å². The highest BCUT2D eigenvalue weighted by atomic mass is 35.5. The first-order chi connectivity index (χ1) is 5.10. The summed E-state index contributed by atoms with van der Waals surface area (Å²) >= 11 is 11.1. The molecule has 0 rings (SSSR count). The molecule has 2 nitrogen and oxygen atoms in total. The summed E-state index contributed by atoms with van der Waals surface area (Å²) in [6.45, 7) is 3.80. The summed E-state index contributed by atoms with van der Waals surface area (Å²) < 4.78 is 4.78. The Kier molecular flexibility index (Phi) is 4.86. The SMILES string of the molecule is CCOC(=O)C(C)(CCl)CCl. The van der Waals surface area contributed by atoms with Gasteiger partial charge in [-0.2, -0.15) is 0 Å². The zero-order valence-corrected chi connectivity index (χ0v) is 8.21. The van der Waals surface area contributed by atoms with E-state index in [1.165, 1.54) is 0 Å². The van der Waals surface area contributed by atoms with Gasteiger partial charge in [-0.3, -0.25) is 4.79 Å². The summed E-state index contributed by atoms with van der Waals surface area (Å²) in [5, 5.41) is 0. The molecule has 0 N–H and O–H groups in total. The molecule has 0 unspecified atom stereocenters. The first-order valence-electron chi connectivity index (χ1n) is 3.40. The number of hydrogen-bond donors (Lipinski definition) is 0. The van der Waals surface area contributed by atoms with Gasteiger partial charge in [0.2, 0.25) is 0 Å². The Labute approximate surface area is 76.8 Å². The average Bonchev–Trinajstić information content (AvgIpc) is 2.03. The van der Waals surface area contributed by atoms with E-state index in [-0.39, 0.29) is 17.7 Å². The van der Waals surface area contributed by atoms with Gasteiger partial charge in [-0.1, -0.05) is 0 Å². The number of carbonyl (C=O) groups is 1. The summed E-state index contributed by atoms with van der Waals surface area (Å²) in [7, 11) is 0. The van der Waals surface area contributed by atoms with Crippen LogP contribution in [0.1, 0.15) is 13.8 Å². The molecule has 0 saturated heterocycles. The number of halogens is 2. The molecule has 0 aromatic rings. The third-order valence-electron chi connectivity index (χ3n) is 1.36. The Morgan fingerprint density at radius 1 is 1.45 bits per heavy atom. The fourth-order valence-electron chi connectivity index (χ4n) is 0.450. The second kappa shape index (κ2) is 4.83. The van der Waals surface area contributed by atoms with Crippen LogP contribution in [-0.2, 0) is 9.53 Å². The Morgan fingerprint density at radius 3 is 2.18 bits per heavy atom. The predicted octanol–water partition coefficient (Wildman–Crippen LogP) is 2.03. The molecule has 0 fully saturated rings. The van der Waals surface area contributed by atoms with Gasteiger partial charge >= 0.3 is 5.97 Å². The van der Waals surface area contributed by atoms with Crippen molar-refractivity contribution in [1.29, 1.82) is 0 Å². The summed E-state index contributed by atoms with van der Waals surface area (Å²) in [6, 6.07) is 0. The zero-order valence-electron chi connectivity index (χ0n) is 6.69. The number of ether oxygens (including phenoxy) is 1. The van der Waals surface area contributed by atoms with Crippen LogP contribution in [0, 0.1) is 5.41 Å². The van der Waals surface area contributed by atoms with Gasteiger partial charge in [0.05, 0.1) is 12.0 Å². The molecule has 11 heavy (non-hydrogen) atoms. The lowest BCUT2D eigenvalue weighted by Crippen LogP contribution is -2.33. The van der Waals surface area contributed by atoms with Gasteiger partial charge in [0.15, 0.2) is 0 Å². The molecule has 0 heterocycles. The van der Waals surface area contributed by atoms with Crippen LogP contribution in [-0.4, -0.2) is 24.3 Å². The molecule has 0 bridgehead atoms. The minimum atomic E-state index is -0.737. The second-order valence-electron chi connectivity index (χ2n) is 2.55. The second-order valence-corrected chi connectivity index (χ2v) is 3.08. The molecule has 0 aliphatic heterocycles. The summed E-state index contributed by atoms with van der Waals surface area (Å²) in [5.74, 6) is 0.0509. The number of esters is 1. The van der Waals surface area contributed by atoms with Gasteiger partial charge in [0.1, 0.15) is 0 Å². The molecule has 0 aromatic carbocycles. The topological polar surface area (TPSA) is 26.3 Å². The lowest BCUT2D eigenvalue weighted by atomic mass is 9.97. The number of alkyl halides is 2. The first kappa shape index (κ1) is 11.1. The van der Waals surface area contributed by atoms with Crippen molar-refractivity contribution in [3.8, 4) is 0 Å². The van der Waals surface area contributed by atoms with E-state index in [1.54, 1.807) is 13.8 Å². The minimum Gasteiger partial charge on any atom is -0.466 e. The van der Waals surface area contributed by atoms with Crippen molar-refractivity contribution >= 4 is 29.2 Å². The van der Waals surface area contributed by atoms with Crippen molar-refractivity contribution in [2.24, 2.45) is 5.41 Å². The van der Waals surface area contributed by atoms with Crippen LogP contribution in [0.2, 0.25) is 0 Å². The first-order valence-corrected chi connectivity index (χ1v) is 4.46. The minimum absolute atomic E-state index is 0.190. The fourth-order valence-corrected chi connectivity index (χ4v) is 0.954. The van der Waals surface area contributed by atoms with Crippen molar-refractivity contribution in [3.05, 3.63) is 0 Å². The lowest BCUT2D eigenvalue weighted by Gasteiger charge is -2.20. The quantitative estimate of drug-likeness (QED) is 0.511. The highest BCUT2D eigenvalue weighted by Crippen LogP contribution is 2.21. The molecule has 0 aromatic heterocycles. The molecule has 0 atom stereocenters. The van der Waals surface area contributed by atoms with Gasteiger partial charge in [-0.05, 0) is 13.8 Å². The van der Waals surface area contributed by atoms with Gasteiger partial charge < -0.3 is 4.74 Å². The Balaban J connectivity index is 4.12. The van der Waals surface area contributed by atoms with Gasteiger partial charge in [0, 0.05) is 11.8 Å².